The summed E-state index contributed by atoms with van der Waals surface area (Å²) in [6.45, 7) is 7.29. The molecule has 2 aromatic rings. The van der Waals surface area contributed by atoms with Gasteiger partial charge in [0.1, 0.15) is 0 Å². The molecular weight excluding hydrogens is 410 g/mol. The number of nitrogens with one attached hydrogen (secondary N) is 2. The first-order chi connectivity index (χ1) is 14.7. The monoisotopic (exact) mass is 443 g/mol. The van der Waals surface area contributed by atoms with Gasteiger partial charge < -0.3 is 5.32 Å². The Morgan fingerprint density at radius 2 is 1.61 bits per heavy atom. The smallest absolute Gasteiger partial charge is 0.241 e. The molecular formula is C24H33N3O3S. The maximum Gasteiger partial charge on any atom is 0.241 e. The molecule has 0 saturated carbocycles. The van der Waals surface area contributed by atoms with Gasteiger partial charge in [-0.25, -0.2) is 13.1 Å². The lowest BCUT2D eigenvalue weighted by Crippen LogP contribution is -2.46. The molecule has 1 aliphatic rings. The van der Waals surface area contributed by atoms with Crippen molar-refractivity contribution in [3.8, 4) is 0 Å². The van der Waals surface area contributed by atoms with Gasteiger partial charge >= 0.3 is 0 Å². The Bertz CT molecular complexity index is 951. The van der Waals surface area contributed by atoms with Gasteiger partial charge in [0.25, 0.3) is 0 Å². The summed E-state index contributed by atoms with van der Waals surface area (Å²) in [7, 11) is -3.54. The first-order valence-electron chi connectivity index (χ1n) is 11.0. The summed E-state index contributed by atoms with van der Waals surface area (Å²) in [6.07, 6.45) is 3.26. The highest BCUT2D eigenvalue weighted by Crippen LogP contribution is 2.23. The van der Waals surface area contributed by atoms with E-state index in [0.717, 1.165) is 32.4 Å². The van der Waals surface area contributed by atoms with Gasteiger partial charge in [0.2, 0.25) is 15.9 Å². The van der Waals surface area contributed by atoms with Crippen molar-refractivity contribution in [2.75, 3.05) is 18.4 Å². The van der Waals surface area contributed by atoms with Gasteiger partial charge in [0.15, 0.2) is 0 Å². The van der Waals surface area contributed by atoms with Crippen LogP contribution in [-0.2, 0) is 21.2 Å². The van der Waals surface area contributed by atoms with Crippen molar-refractivity contribution in [3.63, 3.8) is 0 Å². The Hall–Kier alpha value is -2.22. The van der Waals surface area contributed by atoms with E-state index in [1.54, 1.807) is 26.0 Å². The third kappa shape index (κ3) is 6.63. The van der Waals surface area contributed by atoms with Crippen LogP contribution in [0.4, 0.5) is 5.69 Å². The van der Waals surface area contributed by atoms with Crippen LogP contribution in [0.5, 0.6) is 0 Å². The number of nitrogens with zero attached hydrogens (tertiary/aromatic N) is 1. The molecule has 168 valence electrons. The van der Waals surface area contributed by atoms with Crippen LogP contribution in [0.3, 0.4) is 0 Å². The summed E-state index contributed by atoms with van der Waals surface area (Å²) in [5.41, 5.74) is 1.97. The second-order valence-corrected chi connectivity index (χ2v) is 10.3. The molecule has 2 N–H and O–H groups in total. The Kier molecular flexibility index (Phi) is 7.86. The van der Waals surface area contributed by atoms with Crippen LogP contribution in [0.1, 0.15) is 39.2 Å². The summed E-state index contributed by atoms with van der Waals surface area (Å²) in [5.74, 6) is 0.584. The Morgan fingerprint density at radius 1 is 1.00 bits per heavy atom. The summed E-state index contributed by atoms with van der Waals surface area (Å²) >= 11 is 0. The van der Waals surface area contributed by atoms with Crippen molar-refractivity contribution in [3.05, 3.63) is 60.2 Å². The van der Waals surface area contributed by atoms with Gasteiger partial charge in [-0.3, -0.25) is 9.69 Å². The number of hydrogen-bond donors (Lipinski definition) is 2. The summed E-state index contributed by atoms with van der Waals surface area (Å²) < 4.78 is 27.0. The van der Waals surface area contributed by atoms with Crippen LogP contribution in [0.25, 0.3) is 0 Å². The van der Waals surface area contributed by atoms with Crippen molar-refractivity contribution in [1.29, 1.82) is 0 Å². The third-order valence-electron chi connectivity index (χ3n) is 5.77. The van der Waals surface area contributed by atoms with Crippen LogP contribution in [0.15, 0.2) is 59.5 Å². The van der Waals surface area contributed by atoms with Gasteiger partial charge in [-0.1, -0.05) is 30.3 Å². The van der Waals surface area contributed by atoms with E-state index in [2.05, 4.69) is 39.2 Å². The van der Waals surface area contributed by atoms with E-state index in [1.807, 2.05) is 13.0 Å². The average Bonchev–Trinajstić information content (AvgIpc) is 2.74. The number of benzene rings is 2. The number of carbonyl (C=O) groups is 1. The highest BCUT2D eigenvalue weighted by Gasteiger charge is 2.27. The van der Waals surface area contributed by atoms with Crippen LogP contribution in [0, 0.1) is 5.92 Å². The molecule has 0 bridgehead atoms. The molecule has 6 nitrogen and oxygen atoms in total. The van der Waals surface area contributed by atoms with E-state index in [-0.39, 0.29) is 22.9 Å². The molecule has 2 aromatic carbocycles. The highest BCUT2D eigenvalue weighted by atomic mass is 32.2. The second-order valence-electron chi connectivity index (χ2n) is 8.63. The Labute approximate surface area is 186 Å². The largest absolute Gasteiger partial charge is 0.325 e. The first-order valence-corrected chi connectivity index (χ1v) is 12.4. The zero-order valence-electron chi connectivity index (χ0n) is 18.5. The zero-order chi connectivity index (χ0) is 22.4. The summed E-state index contributed by atoms with van der Waals surface area (Å²) in [6, 6.07) is 16.4. The third-order valence-corrected chi connectivity index (χ3v) is 7.44. The molecule has 1 aliphatic heterocycles. The lowest BCUT2D eigenvalue weighted by Gasteiger charge is -2.35. The van der Waals surface area contributed by atoms with E-state index in [4.69, 9.17) is 0 Å². The van der Waals surface area contributed by atoms with Gasteiger partial charge in [-0.2, -0.15) is 0 Å². The molecule has 3 rings (SSSR count). The van der Waals surface area contributed by atoms with Crippen molar-refractivity contribution in [2.24, 2.45) is 5.92 Å². The lowest BCUT2D eigenvalue weighted by atomic mass is 9.89. The van der Waals surface area contributed by atoms with Crippen molar-refractivity contribution < 1.29 is 13.2 Å². The van der Waals surface area contributed by atoms with Gasteiger partial charge in [0.05, 0.1) is 10.9 Å². The molecule has 0 aromatic heterocycles. The fraction of sp³-hybridized carbons (Fsp3) is 0.458. The minimum atomic E-state index is -3.54. The van der Waals surface area contributed by atoms with Gasteiger partial charge in [-0.05, 0) is 88.9 Å². The highest BCUT2D eigenvalue weighted by molar-refractivity contribution is 7.89. The topological polar surface area (TPSA) is 78.5 Å². The fourth-order valence-electron chi connectivity index (χ4n) is 4.00. The zero-order valence-corrected chi connectivity index (χ0v) is 19.4. The molecule has 1 unspecified atom stereocenters. The minimum Gasteiger partial charge on any atom is -0.325 e. The van der Waals surface area contributed by atoms with E-state index in [9.17, 15) is 13.2 Å². The van der Waals surface area contributed by atoms with Crippen molar-refractivity contribution in [2.45, 2.75) is 57.0 Å². The van der Waals surface area contributed by atoms with Gasteiger partial charge in [0, 0.05) is 11.7 Å². The van der Waals surface area contributed by atoms with E-state index in [0.29, 0.717) is 11.6 Å². The van der Waals surface area contributed by atoms with Crippen LogP contribution >= 0.6 is 0 Å². The number of hydrogen-bond acceptors (Lipinski definition) is 4. The quantitative estimate of drug-likeness (QED) is 0.653. The Balaban J connectivity index is 1.50. The predicted molar refractivity (Wildman–Crippen MR) is 124 cm³/mol. The lowest BCUT2D eigenvalue weighted by molar-refractivity contribution is -0.121. The van der Waals surface area contributed by atoms with Crippen molar-refractivity contribution in [1.82, 2.24) is 9.62 Å². The minimum absolute atomic E-state index is 0.0718. The summed E-state index contributed by atoms with van der Waals surface area (Å²) in [5, 5.41) is 2.91. The number of sulfonamides is 1. The van der Waals surface area contributed by atoms with Crippen LogP contribution < -0.4 is 10.0 Å². The maximum absolute atomic E-state index is 12.7. The summed E-state index contributed by atoms with van der Waals surface area (Å²) in [4.78, 5) is 15.1. The van der Waals surface area contributed by atoms with Crippen LogP contribution in [-0.4, -0.2) is 44.4 Å². The standard InChI is InChI=1S/C24H33N3O3S/c1-18(2)26-31(29,30)23-11-9-22(10-12-23)25-24(28)19(3)27-15-13-21(14-16-27)17-20-7-5-4-6-8-20/h4-12,18-19,21,26H,13-17H2,1-3H3,(H,25,28). The number of piperidine rings is 1. The number of anilines is 1. The second kappa shape index (κ2) is 10.4. The predicted octanol–water partition coefficient (Wildman–Crippen LogP) is 3.66. The number of carbonyl (C=O) groups excluding carboxylic acids is 1. The van der Waals surface area contributed by atoms with E-state index in [1.165, 1.54) is 17.7 Å². The first kappa shape index (κ1) is 23.4. The molecule has 1 amide bonds. The number of amides is 1. The molecule has 7 heteroatoms. The Morgan fingerprint density at radius 3 is 2.19 bits per heavy atom. The molecule has 0 radical (unpaired) electrons. The molecule has 1 saturated heterocycles. The fourth-order valence-corrected chi connectivity index (χ4v) is 5.25. The maximum atomic E-state index is 12.7. The van der Waals surface area contributed by atoms with E-state index < -0.39 is 10.0 Å². The molecule has 0 spiro atoms. The SMILES string of the molecule is CC(C)NS(=O)(=O)c1ccc(NC(=O)C(C)N2CCC(Cc3ccccc3)CC2)cc1. The number of rotatable bonds is 8. The average molecular weight is 444 g/mol. The number of likely N-dealkylation sites (tertiary alicyclic amines) is 1. The molecule has 1 atom stereocenters. The molecule has 0 aliphatic carbocycles. The van der Waals surface area contributed by atoms with E-state index >= 15 is 0 Å². The molecule has 31 heavy (non-hydrogen) atoms. The van der Waals surface area contributed by atoms with Crippen LogP contribution in [0.2, 0.25) is 0 Å². The van der Waals surface area contributed by atoms with Gasteiger partial charge in [-0.15, -0.1) is 0 Å². The van der Waals surface area contributed by atoms with Crippen molar-refractivity contribution >= 4 is 21.6 Å². The molecule has 1 fully saturated rings. The normalized spacial score (nSPS) is 16.9. The molecule has 1 heterocycles.